The summed E-state index contributed by atoms with van der Waals surface area (Å²) in [5.74, 6) is -2.11. The molecule has 0 saturated heterocycles. The second-order valence-electron chi connectivity index (χ2n) is 7.25. The van der Waals surface area contributed by atoms with Crippen molar-refractivity contribution in [1.82, 2.24) is 9.78 Å². The molecule has 9 heteroatoms. The number of nitrogens with zero attached hydrogens (tertiary/aromatic N) is 2. The standard InChI is InChI=1S/C24H15FN2O6/c25-17-8-5-15(6-9-17)23-26-27(24(30)33-23)12-21(29)31-13-16-11-20(28)32-19-10-7-14-3-1-2-4-18(14)22(16)19/h1-11H,12-13H2. The van der Waals surface area contributed by atoms with E-state index < -0.39 is 29.7 Å². The summed E-state index contributed by atoms with van der Waals surface area (Å²) >= 11 is 0. The summed E-state index contributed by atoms with van der Waals surface area (Å²) < 4.78 is 29.6. The van der Waals surface area contributed by atoms with Crippen LogP contribution in [0.25, 0.3) is 33.2 Å². The van der Waals surface area contributed by atoms with Gasteiger partial charge in [-0.2, -0.15) is 4.68 Å². The number of esters is 1. The monoisotopic (exact) mass is 446 g/mol. The van der Waals surface area contributed by atoms with Crippen LogP contribution in [-0.2, 0) is 22.7 Å². The van der Waals surface area contributed by atoms with Gasteiger partial charge in [0.1, 0.15) is 24.6 Å². The van der Waals surface area contributed by atoms with Crippen LogP contribution in [0.1, 0.15) is 5.56 Å². The molecule has 8 nitrogen and oxygen atoms in total. The maximum Gasteiger partial charge on any atom is 0.437 e. The van der Waals surface area contributed by atoms with E-state index in [9.17, 15) is 18.8 Å². The highest BCUT2D eigenvalue weighted by atomic mass is 19.1. The average Bonchev–Trinajstić information content (AvgIpc) is 3.17. The third-order valence-corrected chi connectivity index (χ3v) is 5.08. The number of carbonyl (C=O) groups excluding carboxylic acids is 1. The molecule has 2 aromatic heterocycles. The van der Waals surface area contributed by atoms with Gasteiger partial charge < -0.3 is 13.6 Å². The van der Waals surface area contributed by atoms with Crippen molar-refractivity contribution >= 4 is 27.7 Å². The fourth-order valence-corrected chi connectivity index (χ4v) is 3.58. The van der Waals surface area contributed by atoms with Gasteiger partial charge in [-0.25, -0.2) is 14.0 Å². The average molecular weight is 446 g/mol. The largest absolute Gasteiger partial charge is 0.459 e. The first-order chi connectivity index (χ1) is 16.0. The van der Waals surface area contributed by atoms with Gasteiger partial charge in [0, 0.05) is 22.6 Å². The number of rotatable bonds is 5. The van der Waals surface area contributed by atoms with E-state index in [1.54, 1.807) is 6.07 Å². The van der Waals surface area contributed by atoms with Crippen LogP contribution in [0.2, 0.25) is 0 Å². The Kier molecular flexibility index (Phi) is 5.06. The van der Waals surface area contributed by atoms with Crippen molar-refractivity contribution in [2.75, 3.05) is 0 Å². The van der Waals surface area contributed by atoms with Crippen LogP contribution in [0.5, 0.6) is 0 Å². The van der Waals surface area contributed by atoms with Crippen LogP contribution in [0.15, 0.2) is 85.2 Å². The molecule has 0 saturated carbocycles. The molecule has 0 aliphatic carbocycles. The maximum absolute atomic E-state index is 13.1. The van der Waals surface area contributed by atoms with E-state index in [1.165, 1.54) is 30.3 Å². The number of carbonyl (C=O) groups is 1. The van der Waals surface area contributed by atoms with Gasteiger partial charge in [-0.1, -0.05) is 30.3 Å². The van der Waals surface area contributed by atoms with Crippen LogP contribution in [0, 0.1) is 5.82 Å². The van der Waals surface area contributed by atoms with Gasteiger partial charge in [0.25, 0.3) is 0 Å². The smallest absolute Gasteiger partial charge is 0.437 e. The summed E-state index contributed by atoms with van der Waals surface area (Å²) in [6, 6.07) is 17.6. The van der Waals surface area contributed by atoms with Crippen LogP contribution in [-0.4, -0.2) is 15.7 Å². The first-order valence-corrected chi connectivity index (χ1v) is 9.92. The number of aromatic nitrogens is 2. The van der Waals surface area contributed by atoms with Crippen molar-refractivity contribution in [3.05, 3.63) is 99.1 Å². The normalized spacial score (nSPS) is 11.2. The van der Waals surface area contributed by atoms with Crippen molar-refractivity contribution in [3.63, 3.8) is 0 Å². The first-order valence-electron chi connectivity index (χ1n) is 9.92. The van der Waals surface area contributed by atoms with Crippen molar-refractivity contribution < 1.29 is 22.8 Å². The number of benzene rings is 3. The topological polar surface area (TPSA) is 105 Å². The van der Waals surface area contributed by atoms with Crippen LogP contribution >= 0.6 is 0 Å². The van der Waals surface area contributed by atoms with Gasteiger partial charge >= 0.3 is 17.4 Å². The summed E-state index contributed by atoms with van der Waals surface area (Å²) in [6.45, 7) is -0.698. The fraction of sp³-hybridized carbons (Fsp3) is 0.0833. The number of fused-ring (bicyclic) bond motifs is 3. The van der Waals surface area contributed by atoms with Crippen LogP contribution in [0.4, 0.5) is 4.39 Å². The SMILES string of the molecule is O=C(Cn1nc(-c2ccc(F)cc2)oc1=O)OCc1cc(=O)oc2ccc3ccccc3c12. The van der Waals surface area contributed by atoms with Gasteiger partial charge in [-0.3, -0.25) is 4.79 Å². The van der Waals surface area contributed by atoms with E-state index in [-0.39, 0.29) is 12.5 Å². The lowest BCUT2D eigenvalue weighted by atomic mass is 10.0. The van der Waals surface area contributed by atoms with E-state index in [0.29, 0.717) is 22.1 Å². The Labute approximate surface area is 184 Å². The molecule has 164 valence electrons. The zero-order valence-corrected chi connectivity index (χ0v) is 17.0. The molecule has 0 N–H and O–H groups in total. The number of ether oxygens (including phenoxy) is 1. The minimum atomic E-state index is -0.858. The first kappa shape index (κ1) is 20.4. The summed E-state index contributed by atoms with van der Waals surface area (Å²) in [6.07, 6.45) is 0. The molecule has 0 unspecified atom stereocenters. The highest BCUT2D eigenvalue weighted by Gasteiger charge is 2.16. The van der Waals surface area contributed by atoms with E-state index in [1.807, 2.05) is 30.3 Å². The minimum Gasteiger partial charge on any atom is -0.459 e. The number of halogens is 1. The molecule has 33 heavy (non-hydrogen) atoms. The van der Waals surface area contributed by atoms with E-state index >= 15 is 0 Å². The van der Waals surface area contributed by atoms with Crippen molar-refractivity contribution in [3.8, 4) is 11.5 Å². The molecule has 0 aliphatic rings. The molecule has 0 fully saturated rings. The molecule has 0 bridgehead atoms. The summed E-state index contributed by atoms with van der Waals surface area (Å²) in [7, 11) is 0. The van der Waals surface area contributed by atoms with Gasteiger partial charge in [-0.05, 0) is 41.1 Å². The molecule has 2 heterocycles. The van der Waals surface area contributed by atoms with Crippen LogP contribution in [0.3, 0.4) is 0 Å². The second-order valence-corrected chi connectivity index (χ2v) is 7.25. The molecular weight excluding hydrogens is 431 g/mol. The summed E-state index contributed by atoms with van der Waals surface area (Å²) in [4.78, 5) is 36.4. The predicted molar refractivity (Wildman–Crippen MR) is 116 cm³/mol. The molecule has 3 aromatic carbocycles. The lowest BCUT2D eigenvalue weighted by Gasteiger charge is -2.09. The third-order valence-electron chi connectivity index (χ3n) is 5.08. The Morgan fingerprint density at radius 1 is 1.00 bits per heavy atom. The zero-order valence-electron chi connectivity index (χ0n) is 17.0. The molecule has 0 atom stereocenters. The highest BCUT2D eigenvalue weighted by Crippen LogP contribution is 2.27. The maximum atomic E-state index is 13.1. The molecule has 5 rings (SSSR count). The molecule has 0 amide bonds. The third kappa shape index (κ3) is 4.03. The van der Waals surface area contributed by atoms with Crippen LogP contribution < -0.4 is 11.4 Å². The summed E-state index contributed by atoms with van der Waals surface area (Å²) in [5, 5.41) is 6.41. The molecule has 0 spiro atoms. The van der Waals surface area contributed by atoms with Gasteiger partial charge in [-0.15, -0.1) is 5.10 Å². The number of hydrogen-bond donors (Lipinski definition) is 0. The predicted octanol–water partition coefficient (Wildman–Crippen LogP) is 3.65. The van der Waals surface area contributed by atoms with Crippen molar-refractivity contribution in [2.24, 2.45) is 0 Å². The minimum absolute atomic E-state index is 0.0501. The van der Waals surface area contributed by atoms with E-state index in [2.05, 4.69) is 5.10 Å². The lowest BCUT2D eigenvalue weighted by Crippen LogP contribution is -2.23. The zero-order chi connectivity index (χ0) is 22.9. The van der Waals surface area contributed by atoms with Crippen molar-refractivity contribution in [1.29, 1.82) is 0 Å². The lowest BCUT2D eigenvalue weighted by molar-refractivity contribution is -0.146. The summed E-state index contributed by atoms with van der Waals surface area (Å²) in [5.41, 5.74) is 0.672. The Bertz CT molecular complexity index is 1610. The van der Waals surface area contributed by atoms with E-state index in [4.69, 9.17) is 13.6 Å². The Morgan fingerprint density at radius 2 is 1.79 bits per heavy atom. The van der Waals surface area contributed by atoms with Gasteiger partial charge in [0.15, 0.2) is 0 Å². The Morgan fingerprint density at radius 3 is 2.61 bits per heavy atom. The highest BCUT2D eigenvalue weighted by molar-refractivity contribution is 6.07. The Hall–Kier alpha value is -4.53. The molecule has 0 aliphatic heterocycles. The molecule has 5 aromatic rings. The van der Waals surface area contributed by atoms with Gasteiger partial charge in [0.2, 0.25) is 5.89 Å². The number of hydrogen-bond acceptors (Lipinski definition) is 7. The Balaban J connectivity index is 1.38. The van der Waals surface area contributed by atoms with Crippen molar-refractivity contribution in [2.45, 2.75) is 13.2 Å². The molecule has 0 radical (unpaired) electrons. The second kappa shape index (κ2) is 8.19. The fourth-order valence-electron chi connectivity index (χ4n) is 3.58. The van der Waals surface area contributed by atoms with E-state index in [0.717, 1.165) is 15.5 Å². The quantitative estimate of drug-likeness (QED) is 0.231. The van der Waals surface area contributed by atoms with Gasteiger partial charge in [0.05, 0.1) is 0 Å². The molecular formula is C24H15FN2O6.